The summed E-state index contributed by atoms with van der Waals surface area (Å²) < 4.78 is 5.70. The lowest BCUT2D eigenvalue weighted by Gasteiger charge is -2.19. The molecule has 0 unspecified atom stereocenters. The van der Waals surface area contributed by atoms with E-state index in [0.717, 1.165) is 28.3 Å². The SMILES string of the molecule is CSCC[C@H](NC(=O)OCC1c2ccccc2-c2ccccc21)C(=O)NCCc1cc([N+](=O)[O-])cc([N+](=O)[O-])c1Br. The third-order valence-corrected chi connectivity index (χ3v) is 8.34. The Morgan fingerprint density at radius 3 is 2.24 bits per heavy atom. The number of non-ortho nitro benzene ring substituents is 1. The first kappa shape index (κ1) is 30.0. The van der Waals surface area contributed by atoms with E-state index in [1.165, 1.54) is 17.8 Å². The third kappa shape index (κ3) is 7.03. The fourth-order valence-corrected chi connectivity index (χ4v) is 5.85. The van der Waals surface area contributed by atoms with E-state index in [-0.39, 0.29) is 30.0 Å². The van der Waals surface area contributed by atoms with E-state index in [2.05, 4.69) is 26.6 Å². The molecule has 0 saturated heterocycles. The van der Waals surface area contributed by atoms with Crippen LogP contribution in [0.1, 0.15) is 29.0 Å². The molecule has 4 rings (SSSR count). The van der Waals surface area contributed by atoms with E-state index in [4.69, 9.17) is 4.74 Å². The molecule has 3 aromatic carbocycles. The van der Waals surface area contributed by atoms with Crippen molar-refractivity contribution in [2.75, 3.05) is 25.2 Å². The van der Waals surface area contributed by atoms with Gasteiger partial charge in [-0.3, -0.25) is 25.0 Å². The van der Waals surface area contributed by atoms with E-state index in [1.54, 1.807) is 0 Å². The van der Waals surface area contributed by atoms with Crippen LogP contribution in [-0.4, -0.2) is 53.0 Å². The first-order chi connectivity index (χ1) is 19.7. The monoisotopic (exact) mass is 642 g/mol. The first-order valence-corrected chi connectivity index (χ1v) is 14.9. The van der Waals surface area contributed by atoms with E-state index in [9.17, 15) is 29.8 Å². The molecular formula is C28H27BrN4O7S. The molecule has 1 aliphatic carbocycles. The van der Waals surface area contributed by atoms with Crippen LogP contribution in [0.15, 0.2) is 65.1 Å². The number of hydrogen-bond acceptors (Lipinski definition) is 8. The summed E-state index contributed by atoms with van der Waals surface area (Å²) in [5, 5.41) is 27.9. The zero-order valence-electron chi connectivity index (χ0n) is 22.0. The van der Waals surface area contributed by atoms with Crippen LogP contribution in [0.25, 0.3) is 11.1 Å². The van der Waals surface area contributed by atoms with Gasteiger partial charge in [0.1, 0.15) is 12.6 Å². The largest absolute Gasteiger partial charge is 0.449 e. The standard InChI is InChI=1S/C28H27BrN4O7S/c1-41-13-11-24(27(34)30-12-10-17-14-18(32(36)37)15-25(26(17)29)33(38)39)31-28(35)40-16-23-21-8-4-2-6-19(21)20-7-3-5-9-22(20)23/h2-9,14-15,23-24H,10-13,16H2,1H3,(H,30,34)(H,31,35)/t24-/m0/s1. The normalized spacial score (nSPS) is 12.6. The number of amides is 2. The van der Waals surface area contributed by atoms with Crippen LogP contribution in [-0.2, 0) is 16.0 Å². The highest BCUT2D eigenvalue weighted by molar-refractivity contribution is 9.10. The first-order valence-electron chi connectivity index (χ1n) is 12.7. The van der Waals surface area contributed by atoms with Gasteiger partial charge >= 0.3 is 6.09 Å². The Hall–Kier alpha value is -3.97. The molecule has 1 atom stereocenters. The molecule has 2 N–H and O–H groups in total. The molecule has 0 fully saturated rings. The fraction of sp³-hybridized carbons (Fsp3) is 0.286. The summed E-state index contributed by atoms with van der Waals surface area (Å²) in [5.74, 6) is 0.0253. The molecule has 0 aliphatic heterocycles. The van der Waals surface area contributed by atoms with Crippen molar-refractivity contribution in [1.82, 2.24) is 10.6 Å². The molecule has 0 heterocycles. The second kappa shape index (κ2) is 13.6. The average molecular weight is 644 g/mol. The zero-order valence-corrected chi connectivity index (χ0v) is 24.4. The molecule has 0 aromatic heterocycles. The second-order valence-electron chi connectivity index (χ2n) is 9.30. The molecule has 0 bridgehead atoms. The molecule has 3 aromatic rings. The summed E-state index contributed by atoms with van der Waals surface area (Å²) in [6, 6.07) is 17.2. The highest BCUT2D eigenvalue weighted by Gasteiger charge is 2.30. The van der Waals surface area contributed by atoms with E-state index in [1.807, 2.05) is 54.8 Å². The lowest BCUT2D eigenvalue weighted by molar-refractivity contribution is -0.394. The van der Waals surface area contributed by atoms with Crippen LogP contribution < -0.4 is 10.6 Å². The number of thioether (sulfide) groups is 1. The topological polar surface area (TPSA) is 154 Å². The summed E-state index contributed by atoms with van der Waals surface area (Å²) in [6.07, 6.45) is 1.61. The fourth-order valence-electron chi connectivity index (χ4n) is 4.80. The molecule has 41 heavy (non-hydrogen) atoms. The van der Waals surface area contributed by atoms with E-state index >= 15 is 0 Å². The van der Waals surface area contributed by atoms with Crippen LogP contribution in [0, 0.1) is 20.2 Å². The maximum absolute atomic E-state index is 13.0. The van der Waals surface area contributed by atoms with Crippen LogP contribution in [0.2, 0.25) is 0 Å². The molecular weight excluding hydrogens is 616 g/mol. The Morgan fingerprint density at radius 1 is 1.02 bits per heavy atom. The van der Waals surface area contributed by atoms with Crippen molar-refractivity contribution in [3.05, 3.63) is 102 Å². The highest BCUT2D eigenvalue weighted by atomic mass is 79.9. The van der Waals surface area contributed by atoms with Crippen molar-refractivity contribution in [2.24, 2.45) is 0 Å². The Kier molecular flexibility index (Phi) is 9.95. The Labute approximate surface area is 248 Å². The molecule has 0 spiro atoms. The smallest absolute Gasteiger partial charge is 0.407 e. The van der Waals surface area contributed by atoms with Gasteiger partial charge in [-0.15, -0.1) is 0 Å². The number of nitrogens with zero attached hydrogens (tertiary/aromatic N) is 2. The summed E-state index contributed by atoms with van der Waals surface area (Å²) in [6.45, 7) is 0.147. The molecule has 0 saturated carbocycles. The minimum absolute atomic E-state index is 0.0396. The predicted octanol–water partition coefficient (Wildman–Crippen LogP) is 5.58. The quantitative estimate of drug-likeness (QED) is 0.192. The van der Waals surface area contributed by atoms with Gasteiger partial charge in [0.2, 0.25) is 5.91 Å². The van der Waals surface area contributed by atoms with E-state index in [0.29, 0.717) is 17.7 Å². The maximum Gasteiger partial charge on any atom is 0.407 e. The van der Waals surface area contributed by atoms with E-state index < -0.39 is 39.3 Å². The number of nitro groups is 2. The molecule has 13 heteroatoms. The van der Waals surface area contributed by atoms with Crippen LogP contribution in [0.4, 0.5) is 16.2 Å². The van der Waals surface area contributed by atoms with Gasteiger partial charge in [0.15, 0.2) is 0 Å². The number of ether oxygens (including phenoxy) is 1. The Balaban J connectivity index is 1.37. The molecule has 214 valence electrons. The predicted molar refractivity (Wildman–Crippen MR) is 159 cm³/mol. The van der Waals surface area contributed by atoms with Crippen molar-refractivity contribution >= 4 is 51.1 Å². The number of nitrogens with one attached hydrogen (secondary N) is 2. The van der Waals surface area contributed by atoms with Crippen LogP contribution in [0.5, 0.6) is 0 Å². The van der Waals surface area contributed by atoms with Gasteiger partial charge in [0.25, 0.3) is 11.4 Å². The number of alkyl carbamates (subject to hydrolysis) is 1. The van der Waals surface area contributed by atoms with Crippen LogP contribution >= 0.6 is 27.7 Å². The summed E-state index contributed by atoms with van der Waals surface area (Å²) in [5.41, 5.74) is 3.81. The molecule has 2 amide bonds. The van der Waals surface area contributed by atoms with Gasteiger partial charge in [-0.1, -0.05) is 48.5 Å². The Morgan fingerprint density at radius 2 is 1.66 bits per heavy atom. The molecule has 11 nitrogen and oxygen atoms in total. The minimum Gasteiger partial charge on any atom is -0.449 e. The third-order valence-electron chi connectivity index (χ3n) is 6.78. The van der Waals surface area contributed by atoms with Gasteiger partial charge < -0.3 is 15.4 Å². The number of rotatable bonds is 12. The minimum atomic E-state index is -0.874. The van der Waals surface area contributed by atoms with Gasteiger partial charge in [-0.2, -0.15) is 11.8 Å². The van der Waals surface area contributed by atoms with Gasteiger partial charge in [-0.05, 0) is 68.6 Å². The zero-order chi connectivity index (χ0) is 29.5. The van der Waals surface area contributed by atoms with Gasteiger partial charge in [-0.25, -0.2) is 4.79 Å². The van der Waals surface area contributed by atoms with Crippen LogP contribution in [0.3, 0.4) is 0 Å². The molecule has 1 aliphatic rings. The van der Waals surface area contributed by atoms with Crippen molar-refractivity contribution in [1.29, 1.82) is 0 Å². The summed E-state index contributed by atoms with van der Waals surface area (Å²) >= 11 is 4.66. The van der Waals surface area contributed by atoms with Gasteiger partial charge in [0, 0.05) is 18.5 Å². The number of halogens is 1. The summed E-state index contributed by atoms with van der Waals surface area (Å²) in [7, 11) is 0. The second-order valence-corrected chi connectivity index (χ2v) is 11.1. The van der Waals surface area contributed by atoms with Crippen molar-refractivity contribution in [3.8, 4) is 11.1 Å². The van der Waals surface area contributed by atoms with Crippen molar-refractivity contribution in [2.45, 2.75) is 24.8 Å². The number of carbonyl (C=O) groups excluding carboxylic acids is 2. The Bertz CT molecular complexity index is 1440. The number of benzene rings is 3. The van der Waals surface area contributed by atoms with Crippen molar-refractivity contribution < 1.29 is 24.2 Å². The maximum atomic E-state index is 13.0. The average Bonchev–Trinajstić information content (AvgIpc) is 3.28. The number of fused-ring (bicyclic) bond motifs is 3. The molecule has 0 radical (unpaired) electrons. The lowest BCUT2D eigenvalue weighted by Crippen LogP contribution is -2.47. The summed E-state index contributed by atoms with van der Waals surface area (Å²) in [4.78, 5) is 46.9. The number of nitro benzene ring substituents is 2. The van der Waals surface area contributed by atoms with Crippen molar-refractivity contribution in [3.63, 3.8) is 0 Å². The lowest BCUT2D eigenvalue weighted by atomic mass is 9.98. The highest BCUT2D eigenvalue weighted by Crippen LogP contribution is 2.44. The number of carbonyl (C=O) groups is 2. The van der Waals surface area contributed by atoms with Gasteiger partial charge in [0.05, 0.1) is 20.4 Å². The number of hydrogen-bond donors (Lipinski definition) is 2.